The fourth-order valence-corrected chi connectivity index (χ4v) is 2.18. The van der Waals surface area contributed by atoms with E-state index in [-0.39, 0.29) is 18.5 Å². The van der Waals surface area contributed by atoms with Crippen LogP contribution in [0.5, 0.6) is 0 Å². The lowest BCUT2D eigenvalue weighted by atomic mass is 10.3. The van der Waals surface area contributed by atoms with Crippen LogP contribution >= 0.6 is 0 Å². The van der Waals surface area contributed by atoms with Gasteiger partial charge in [0.25, 0.3) is 0 Å². The lowest BCUT2D eigenvalue weighted by molar-refractivity contribution is -0.123. The maximum absolute atomic E-state index is 12.1. The summed E-state index contributed by atoms with van der Waals surface area (Å²) in [5, 5.41) is 9.88. The lowest BCUT2D eigenvalue weighted by Crippen LogP contribution is -2.51. The maximum Gasteiger partial charge on any atom is 0.322 e. The number of aryl methyl sites for hydroxylation is 2. The number of carbonyl (C=O) groups excluding carboxylic acids is 2. The predicted molar refractivity (Wildman–Crippen MR) is 71.0 cm³/mol. The number of nitrogens with one attached hydrogen (secondary N) is 2. The monoisotopic (exact) mass is 265 g/mol. The number of urea groups is 1. The van der Waals surface area contributed by atoms with Gasteiger partial charge in [0.2, 0.25) is 5.91 Å². The summed E-state index contributed by atoms with van der Waals surface area (Å²) in [4.78, 5) is 24.9. The Bertz CT molecular complexity index is 508. The third-order valence-corrected chi connectivity index (χ3v) is 3.24. The van der Waals surface area contributed by atoms with Crippen LogP contribution in [0.15, 0.2) is 0 Å². The molecule has 0 atom stereocenters. The largest absolute Gasteiger partial charge is 0.353 e. The third-order valence-electron chi connectivity index (χ3n) is 3.24. The smallest absolute Gasteiger partial charge is 0.322 e. The van der Waals surface area contributed by atoms with Gasteiger partial charge in [0.15, 0.2) is 0 Å². The van der Waals surface area contributed by atoms with E-state index in [1.165, 1.54) is 4.90 Å². The Morgan fingerprint density at radius 3 is 2.79 bits per heavy atom. The summed E-state index contributed by atoms with van der Waals surface area (Å²) in [5.74, 6) is -0.126. The minimum Gasteiger partial charge on any atom is -0.353 e. The van der Waals surface area contributed by atoms with Crippen LogP contribution < -0.4 is 10.6 Å². The fourth-order valence-electron chi connectivity index (χ4n) is 2.18. The van der Waals surface area contributed by atoms with Gasteiger partial charge in [0.1, 0.15) is 6.54 Å². The molecular formula is C12H19N5O2. The average molecular weight is 265 g/mol. The number of hydrogen-bond donors (Lipinski definition) is 2. The van der Waals surface area contributed by atoms with Crippen LogP contribution in [0.2, 0.25) is 0 Å². The zero-order valence-corrected chi connectivity index (χ0v) is 11.5. The molecule has 3 amide bonds. The molecular weight excluding hydrogens is 246 g/mol. The summed E-state index contributed by atoms with van der Waals surface area (Å²) >= 11 is 0. The van der Waals surface area contributed by atoms with Crippen LogP contribution in [0.4, 0.5) is 10.5 Å². The summed E-state index contributed by atoms with van der Waals surface area (Å²) in [6, 6.07) is -0.253. The van der Waals surface area contributed by atoms with Crippen molar-refractivity contribution in [3.63, 3.8) is 0 Å². The van der Waals surface area contributed by atoms with Gasteiger partial charge in [-0.25, -0.2) is 4.79 Å². The molecule has 0 saturated carbocycles. The number of rotatable bonds is 2. The van der Waals surface area contributed by atoms with Gasteiger partial charge in [-0.3, -0.25) is 9.48 Å². The van der Waals surface area contributed by atoms with Gasteiger partial charge in [-0.1, -0.05) is 0 Å². The zero-order valence-electron chi connectivity index (χ0n) is 11.5. The molecule has 0 unspecified atom stereocenters. The van der Waals surface area contributed by atoms with Gasteiger partial charge in [-0.05, 0) is 20.8 Å². The fraction of sp³-hybridized carbons (Fsp3) is 0.583. The van der Waals surface area contributed by atoms with Gasteiger partial charge in [0.05, 0.1) is 17.1 Å². The molecule has 0 aliphatic carbocycles. The molecule has 2 rings (SSSR count). The van der Waals surface area contributed by atoms with Gasteiger partial charge >= 0.3 is 6.03 Å². The molecule has 1 aromatic heterocycles. The molecule has 0 radical (unpaired) electrons. The average Bonchev–Trinajstić information content (AvgIpc) is 2.66. The van der Waals surface area contributed by atoms with Crippen molar-refractivity contribution in [3.8, 4) is 0 Å². The first-order valence-electron chi connectivity index (χ1n) is 6.39. The SMILES string of the molecule is CCn1nc(C)c(NC(=O)N2CCNC(=O)C2)c1C. The topological polar surface area (TPSA) is 79.3 Å². The molecule has 1 aromatic rings. The summed E-state index contributed by atoms with van der Waals surface area (Å²) < 4.78 is 1.84. The second kappa shape index (κ2) is 5.29. The van der Waals surface area contributed by atoms with E-state index < -0.39 is 0 Å². The van der Waals surface area contributed by atoms with E-state index in [1.807, 2.05) is 25.5 Å². The number of nitrogens with zero attached hydrogens (tertiary/aromatic N) is 3. The van der Waals surface area contributed by atoms with Gasteiger partial charge in [-0.2, -0.15) is 5.10 Å². The highest BCUT2D eigenvalue weighted by Gasteiger charge is 2.22. The predicted octanol–water partition coefficient (Wildman–Crippen LogP) is 0.484. The molecule has 7 heteroatoms. The van der Waals surface area contributed by atoms with Gasteiger partial charge in [0, 0.05) is 19.6 Å². The van der Waals surface area contributed by atoms with E-state index in [9.17, 15) is 9.59 Å². The van der Waals surface area contributed by atoms with Crippen molar-refractivity contribution < 1.29 is 9.59 Å². The van der Waals surface area contributed by atoms with Crippen molar-refractivity contribution in [2.75, 3.05) is 25.0 Å². The van der Waals surface area contributed by atoms with Crippen LogP contribution in [0.1, 0.15) is 18.3 Å². The molecule has 1 aliphatic rings. The minimum absolute atomic E-state index is 0.103. The van der Waals surface area contributed by atoms with E-state index in [0.717, 1.165) is 23.6 Å². The quantitative estimate of drug-likeness (QED) is 0.816. The van der Waals surface area contributed by atoms with E-state index >= 15 is 0 Å². The van der Waals surface area contributed by atoms with Crippen LogP contribution in [0.3, 0.4) is 0 Å². The first-order valence-corrected chi connectivity index (χ1v) is 6.39. The first-order chi connectivity index (χ1) is 9.02. The highest BCUT2D eigenvalue weighted by Crippen LogP contribution is 2.19. The van der Waals surface area contributed by atoms with E-state index in [4.69, 9.17) is 0 Å². The number of hydrogen-bond acceptors (Lipinski definition) is 3. The molecule has 2 N–H and O–H groups in total. The normalized spacial score (nSPS) is 15.3. The number of aromatic nitrogens is 2. The highest BCUT2D eigenvalue weighted by atomic mass is 16.2. The molecule has 19 heavy (non-hydrogen) atoms. The molecule has 0 aromatic carbocycles. The Morgan fingerprint density at radius 1 is 1.47 bits per heavy atom. The summed E-state index contributed by atoms with van der Waals surface area (Å²) in [6.07, 6.45) is 0. The molecule has 0 bridgehead atoms. The standard InChI is InChI=1S/C12H19N5O2/c1-4-17-9(3)11(8(2)15-17)14-12(19)16-6-5-13-10(18)7-16/h4-7H2,1-3H3,(H,13,18)(H,14,19). The van der Waals surface area contributed by atoms with Crippen molar-refractivity contribution in [1.82, 2.24) is 20.0 Å². The van der Waals surface area contributed by atoms with Crippen molar-refractivity contribution in [2.24, 2.45) is 0 Å². The van der Waals surface area contributed by atoms with Crippen molar-refractivity contribution >= 4 is 17.6 Å². The summed E-state index contributed by atoms with van der Waals surface area (Å²) in [5.41, 5.74) is 2.45. The Labute approximate surface area is 111 Å². The van der Waals surface area contributed by atoms with Crippen molar-refractivity contribution in [2.45, 2.75) is 27.3 Å². The van der Waals surface area contributed by atoms with Gasteiger partial charge < -0.3 is 15.5 Å². The van der Waals surface area contributed by atoms with Crippen LogP contribution in [0, 0.1) is 13.8 Å². The third kappa shape index (κ3) is 2.69. The molecule has 2 heterocycles. The van der Waals surface area contributed by atoms with Crippen LogP contribution in [-0.2, 0) is 11.3 Å². The number of piperazine rings is 1. The summed E-state index contributed by atoms with van der Waals surface area (Å²) in [6.45, 7) is 7.66. The molecule has 104 valence electrons. The van der Waals surface area contributed by atoms with E-state index in [1.54, 1.807) is 0 Å². The Morgan fingerprint density at radius 2 is 2.21 bits per heavy atom. The van der Waals surface area contributed by atoms with E-state index in [0.29, 0.717) is 13.1 Å². The summed E-state index contributed by atoms with van der Waals surface area (Å²) in [7, 11) is 0. The zero-order chi connectivity index (χ0) is 14.0. The highest BCUT2D eigenvalue weighted by molar-refractivity contribution is 5.93. The van der Waals surface area contributed by atoms with E-state index in [2.05, 4.69) is 15.7 Å². The Balaban J connectivity index is 2.10. The van der Waals surface area contributed by atoms with Crippen molar-refractivity contribution in [1.29, 1.82) is 0 Å². The number of carbonyl (C=O) groups is 2. The second-order valence-corrected chi connectivity index (χ2v) is 4.56. The molecule has 1 fully saturated rings. The molecule has 1 aliphatic heterocycles. The molecule has 7 nitrogen and oxygen atoms in total. The maximum atomic E-state index is 12.1. The molecule has 0 spiro atoms. The lowest BCUT2D eigenvalue weighted by Gasteiger charge is -2.26. The van der Waals surface area contributed by atoms with Crippen molar-refractivity contribution in [3.05, 3.63) is 11.4 Å². The number of anilines is 1. The molecule has 1 saturated heterocycles. The second-order valence-electron chi connectivity index (χ2n) is 4.56. The van der Waals surface area contributed by atoms with Crippen LogP contribution in [-0.4, -0.2) is 46.3 Å². The van der Waals surface area contributed by atoms with Crippen LogP contribution in [0.25, 0.3) is 0 Å². The minimum atomic E-state index is -0.253. The van der Waals surface area contributed by atoms with Gasteiger partial charge in [-0.15, -0.1) is 0 Å². The Hall–Kier alpha value is -2.05. The Kier molecular flexibility index (Phi) is 3.73. The first kappa shape index (κ1) is 13.4. The number of amides is 3.